The second-order valence-corrected chi connectivity index (χ2v) is 28.6. The van der Waals surface area contributed by atoms with E-state index in [1.54, 1.807) is 55.4 Å². The van der Waals surface area contributed by atoms with E-state index in [1.807, 2.05) is 94.1 Å². The van der Waals surface area contributed by atoms with E-state index < -0.39 is 71.4 Å². The molecule has 0 spiro atoms. The van der Waals surface area contributed by atoms with Crippen LogP contribution in [0.2, 0.25) is 0 Å². The second kappa shape index (κ2) is 47.9. The summed E-state index contributed by atoms with van der Waals surface area (Å²) in [6.45, 7) is 15.5. The van der Waals surface area contributed by atoms with E-state index in [1.165, 1.54) is 25.4 Å². The third kappa shape index (κ3) is 30.9. The summed E-state index contributed by atoms with van der Waals surface area (Å²) in [5.41, 5.74) is 0. The van der Waals surface area contributed by atoms with Gasteiger partial charge in [-0.3, -0.25) is 38.4 Å². The Kier molecular flexibility index (Phi) is 44.3. The summed E-state index contributed by atoms with van der Waals surface area (Å²) in [5.74, 6) is -4.09. The fourth-order valence-electron chi connectivity index (χ4n) is 8.21. The SMILES string of the molecule is CCOC(=O)C(CCCCCCSC1=C(SCCCCCCC(C(=O)OCC)C(=O)OCC)SC(=C2SC(SCCCCCCC(C(=O)OCC)C(=O)OCC)=C(SCCCCCCC(C(=O)OCC)C(=O)OCC)S2)S1)C(=O)OCC. The molecule has 2 rings (SSSR count). The molecule has 0 radical (unpaired) electrons. The average Bonchev–Trinajstić information content (AvgIpc) is 4.30. The lowest BCUT2D eigenvalue weighted by molar-refractivity contribution is -0.163. The van der Waals surface area contributed by atoms with Crippen LogP contribution in [0.25, 0.3) is 0 Å². The van der Waals surface area contributed by atoms with Crippen molar-refractivity contribution in [1.29, 1.82) is 0 Å². The molecule has 0 aromatic carbocycles. The molecule has 0 aromatic rings. The first-order valence-corrected chi connectivity index (χ1v) is 36.7. The Labute approximate surface area is 523 Å². The van der Waals surface area contributed by atoms with Crippen LogP contribution in [-0.4, -0.2) is 124 Å². The topological polar surface area (TPSA) is 210 Å². The standard InChI is InChI=1S/C58H92O16S8/c1-9-67-45(59)41(46(60)68-10-2)33-25-17-21-29-37-75-53-54(76-38-30-22-18-26-34-42(47(61)69-11-3)48(62)70-12-4)80-57(79-53)58-81-55(77-39-31-23-19-27-35-43(49(63)71-13-5)50(64)72-14-6)56(82-58)78-40-32-24-20-28-36-44(51(65)73-15-7)52(66)74-16-8/h41-44H,9-40H2,1-8H3. The van der Waals surface area contributed by atoms with E-state index in [0.717, 1.165) is 126 Å². The summed E-state index contributed by atoms with van der Waals surface area (Å²) in [6.07, 6.45) is 15.7. The van der Waals surface area contributed by atoms with Gasteiger partial charge in [0.15, 0.2) is 23.7 Å². The lowest BCUT2D eigenvalue weighted by Crippen LogP contribution is -2.28. The molecule has 24 heteroatoms. The van der Waals surface area contributed by atoms with Gasteiger partial charge in [0, 0.05) is 0 Å². The number of rotatable bonds is 48. The Morgan fingerprint density at radius 1 is 0.268 bits per heavy atom. The highest BCUT2D eigenvalue weighted by Crippen LogP contribution is 2.66. The van der Waals surface area contributed by atoms with Gasteiger partial charge in [-0.1, -0.05) is 124 Å². The Bertz CT molecular complexity index is 1700. The number of thioether (sulfide) groups is 8. The van der Waals surface area contributed by atoms with Gasteiger partial charge < -0.3 is 37.9 Å². The van der Waals surface area contributed by atoms with Crippen molar-refractivity contribution in [2.24, 2.45) is 23.7 Å². The Morgan fingerprint density at radius 2 is 0.427 bits per heavy atom. The van der Waals surface area contributed by atoms with Crippen LogP contribution in [-0.2, 0) is 76.3 Å². The molecule has 0 amide bonds. The average molecular weight is 1300 g/mol. The van der Waals surface area contributed by atoms with E-state index in [2.05, 4.69) is 0 Å². The molecule has 2 aliphatic rings. The van der Waals surface area contributed by atoms with Crippen molar-refractivity contribution in [3.63, 3.8) is 0 Å². The summed E-state index contributed by atoms with van der Waals surface area (Å²) in [4.78, 5) is 100. The maximum Gasteiger partial charge on any atom is 0.320 e. The minimum absolute atomic E-state index is 0.208. The van der Waals surface area contributed by atoms with Crippen molar-refractivity contribution in [1.82, 2.24) is 0 Å². The van der Waals surface area contributed by atoms with E-state index in [0.29, 0.717) is 25.7 Å². The third-order valence-electron chi connectivity index (χ3n) is 12.3. The van der Waals surface area contributed by atoms with Crippen LogP contribution in [0.4, 0.5) is 0 Å². The maximum absolute atomic E-state index is 12.5. The molecule has 0 aromatic heterocycles. The van der Waals surface area contributed by atoms with Crippen molar-refractivity contribution in [2.45, 2.75) is 184 Å². The van der Waals surface area contributed by atoms with Gasteiger partial charge in [0.1, 0.15) is 0 Å². The van der Waals surface area contributed by atoms with Crippen LogP contribution < -0.4 is 0 Å². The van der Waals surface area contributed by atoms with E-state index in [-0.39, 0.29) is 52.9 Å². The predicted molar refractivity (Wildman–Crippen MR) is 341 cm³/mol. The lowest BCUT2D eigenvalue weighted by atomic mass is 10.0. The number of ether oxygens (including phenoxy) is 8. The summed E-state index contributed by atoms with van der Waals surface area (Å²) in [5, 5.41) is 0. The summed E-state index contributed by atoms with van der Waals surface area (Å²) < 4.78 is 49.1. The molecule has 0 fully saturated rings. The third-order valence-corrected chi connectivity index (χ3v) is 24.2. The minimum Gasteiger partial charge on any atom is -0.465 e. The zero-order valence-electron chi connectivity index (χ0n) is 49.7. The number of carbonyl (C=O) groups excluding carboxylic acids is 8. The highest BCUT2D eigenvalue weighted by Gasteiger charge is 2.34. The molecule has 0 N–H and O–H groups in total. The molecule has 16 nitrogen and oxygen atoms in total. The fraction of sp³-hybridized carbons (Fsp3) is 0.759. The van der Waals surface area contributed by atoms with Crippen LogP contribution in [0, 0.1) is 23.7 Å². The first-order valence-electron chi connectivity index (χ1n) is 29.5. The van der Waals surface area contributed by atoms with Crippen molar-refractivity contribution in [3.8, 4) is 0 Å². The summed E-state index contributed by atoms with van der Waals surface area (Å²) in [6, 6.07) is 0. The van der Waals surface area contributed by atoms with Crippen molar-refractivity contribution >= 4 is 142 Å². The van der Waals surface area contributed by atoms with Crippen molar-refractivity contribution < 1.29 is 76.3 Å². The first-order chi connectivity index (χ1) is 39.7. The number of hydrogen-bond acceptors (Lipinski definition) is 24. The zero-order chi connectivity index (χ0) is 60.3. The molecule has 0 bridgehead atoms. The molecular weight excluding hydrogens is 1210 g/mol. The summed E-state index contributed by atoms with van der Waals surface area (Å²) in [7, 11) is 0. The highest BCUT2D eigenvalue weighted by molar-refractivity contribution is 8.45. The van der Waals surface area contributed by atoms with Crippen LogP contribution in [0.1, 0.15) is 184 Å². The number of carbonyl (C=O) groups is 8. The van der Waals surface area contributed by atoms with Crippen LogP contribution in [0.3, 0.4) is 0 Å². The lowest BCUT2D eigenvalue weighted by Gasteiger charge is -2.14. The molecule has 468 valence electrons. The fourth-order valence-corrected chi connectivity index (χ4v) is 20.5. The molecule has 0 unspecified atom stereocenters. The maximum atomic E-state index is 12.5. The number of esters is 8. The molecule has 0 aliphatic carbocycles. The van der Waals surface area contributed by atoms with Gasteiger partial charge in [0.05, 0.1) is 78.3 Å². The van der Waals surface area contributed by atoms with Crippen LogP contribution in [0.5, 0.6) is 0 Å². The zero-order valence-corrected chi connectivity index (χ0v) is 56.3. The number of unbranched alkanes of at least 4 members (excludes halogenated alkanes) is 12. The monoisotopic (exact) mass is 1300 g/mol. The Balaban J connectivity index is 2.20. The van der Waals surface area contributed by atoms with Crippen molar-refractivity contribution in [2.75, 3.05) is 75.9 Å². The van der Waals surface area contributed by atoms with Gasteiger partial charge in [-0.15, -0.1) is 47.0 Å². The first kappa shape index (κ1) is 75.9. The molecule has 0 saturated carbocycles. The highest BCUT2D eigenvalue weighted by atomic mass is 32.3. The molecule has 2 heterocycles. The Morgan fingerprint density at radius 3 is 0.585 bits per heavy atom. The van der Waals surface area contributed by atoms with Crippen LogP contribution in [0.15, 0.2) is 25.4 Å². The van der Waals surface area contributed by atoms with Gasteiger partial charge in [-0.05, 0) is 130 Å². The van der Waals surface area contributed by atoms with Gasteiger partial charge in [0.2, 0.25) is 0 Å². The molecule has 0 atom stereocenters. The smallest absolute Gasteiger partial charge is 0.320 e. The normalized spacial score (nSPS) is 13.4. The minimum atomic E-state index is -0.898. The van der Waals surface area contributed by atoms with Gasteiger partial charge >= 0.3 is 47.8 Å². The van der Waals surface area contributed by atoms with Crippen molar-refractivity contribution in [3.05, 3.63) is 25.4 Å². The predicted octanol–water partition coefficient (Wildman–Crippen LogP) is 15.0. The molecular formula is C58H92O16S8. The van der Waals surface area contributed by atoms with Gasteiger partial charge in [0.25, 0.3) is 0 Å². The van der Waals surface area contributed by atoms with E-state index in [9.17, 15) is 38.4 Å². The van der Waals surface area contributed by atoms with Crippen LogP contribution >= 0.6 is 94.1 Å². The van der Waals surface area contributed by atoms with Gasteiger partial charge in [-0.2, -0.15) is 0 Å². The number of hydrogen-bond donors (Lipinski definition) is 0. The quantitative estimate of drug-likeness (QED) is 0.0240. The van der Waals surface area contributed by atoms with E-state index in [4.69, 9.17) is 37.9 Å². The Hall–Kier alpha value is -2.22. The molecule has 2 aliphatic heterocycles. The second-order valence-electron chi connectivity index (χ2n) is 18.6. The van der Waals surface area contributed by atoms with E-state index >= 15 is 0 Å². The molecule has 0 saturated heterocycles. The van der Waals surface area contributed by atoms with Gasteiger partial charge in [-0.25, -0.2) is 0 Å². The molecule has 82 heavy (non-hydrogen) atoms. The largest absolute Gasteiger partial charge is 0.465 e. The summed E-state index contributed by atoms with van der Waals surface area (Å²) >= 11 is 14.9.